The third-order valence-electron chi connectivity index (χ3n) is 4.78. The van der Waals surface area contributed by atoms with E-state index < -0.39 is 58.7 Å². The van der Waals surface area contributed by atoms with Crippen LogP contribution in [0.5, 0.6) is 0 Å². The van der Waals surface area contributed by atoms with Gasteiger partial charge in [-0.15, -0.1) is 0 Å². The van der Waals surface area contributed by atoms with Gasteiger partial charge in [-0.1, -0.05) is 13.8 Å². The number of rotatable bonds is 14. The summed E-state index contributed by atoms with van der Waals surface area (Å²) < 4.78 is 61.9. The van der Waals surface area contributed by atoms with E-state index in [1.54, 1.807) is 0 Å². The average Bonchev–Trinajstić information content (AvgIpc) is 3.24. The second-order valence-electron chi connectivity index (χ2n) is 8.68. The van der Waals surface area contributed by atoms with Crippen molar-refractivity contribution in [1.29, 1.82) is 0 Å². The van der Waals surface area contributed by atoms with Gasteiger partial charge >= 0.3 is 15.6 Å². The van der Waals surface area contributed by atoms with Crippen LogP contribution in [0.1, 0.15) is 40.5 Å². The van der Waals surface area contributed by atoms with Gasteiger partial charge in [-0.2, -0.15) is 0 Å². The van der Waals surface area contributed by atoms with Crippen molar-refractivity contribution >= 4 is 38.4 Å². The molecule has 0 aromatic rings. The first-order valence-electron chi connectivity index (χ1n) is 10.8. The van der Waals surface area contributed by atoms with Gasteiger partial charge < -0.3 is 24.0 Å². The van der Waals surface area contributed by atoms with Crippen molar-refractivity contribution in [1.82, 2.24) is 0 Å². The Bertz CT molecular complexity index is 701. The lowest BCUT2D eigenvalue weighted by molar-refractivity contribution is -0.0512. The Morgan fingerprint density at radius 3 is 2.12 bits per heavy atom. The molecule has 2 aliphatic rings. The first-order chi connectivity index (χ1) is 15.3. The van der Waals surface area contributed by atoms with Crippen LogP contribution in [0.4, 0.5) is 0 Å². The van der Waals surface area contributed by atoms with Gasteiger partial charge in [0.05, 0.1) is 45.3 Å². The fourth-order valence-corrected chi connectivity index (χ4v) is 5.31. The number of hydrogen-bond acceptors (Lipinski definition) is 9. The molecule has 185 valence electrons. The Balaban J connectivity index is 1.92. The van der Waals surface area contributed by atoms with Crippen LogP contribution in [0.25, 0.3) is 0 Å². The molecular formula is C17H32B3O11P2. The molecular weight excluding hydrogens is 475 g/mol. The molecule has 2 unspecified atom stereocenters. The van der Waals surface area contributed by atoms with Crippen LogP contribution < -0.4 is 0 Å². The third kappa shape index (κ3) is 10.4. The van der Waals surface area contributed by atoms with Crippen molar-refractivity contribution in [3.05, 3.63) is 0 Å². The second-order valence-corrected chi connectivity index (χ2v) is 11.5. The molecule has 33 heavy (non-hydrogen) atoms. The van der Waals surface area contributed by atoms with E-state index in [-0.39, 0.29) is 38.1 Å². The van der Waals surface area contributed by atoms with E-state index in [2.05, 4.69) is 0 Å². The van der Waals surface area contributed by atoms with Crippen molar-refractivity contribution in [2.24, 2.45) is 5.92 Å². The van der Waals surface area contributed by atoms with Gasteiger partial charge in [0.25, 0.3) is 0 Å². The first-order valence-corrected chi connectivity index (χ1v) is 13.8. The molecule has 2 N–H and O–H groups in total. The third-order valence-corrected chi connectivity index (χ3v) is 6.80. The van der Waals surface area contributed by atoms with Crippen LogP contribution in [0.15, 0.2) is 0 Å². The normalized spacial score (nSPS) is 33.9. The molecule has 2 heterocycles. The largest absolute Gasteiger partial charge is 0.472 e. The van der Waals surface area contributed by atoms with Crippen LogP contribution in [0.2, 0.25) is 0 Å². The van der Waals surface area contributed by atoms with Crippen molar-refractivity contribution in [2.75, 3.05) is 19.8 Å². The van der Waals surface area contributed by atoms with Crippen LogP contribution in [0.3, 0.4) is 0 Å². The molecule has 5 radical (unpaired) electrons. The zero-order valence-corrected chi connectivity index (χ0v) is 21.1. The van der Waals surface area contributed by atoms with Crippen molar-refractivity contribution < 1.29 is 51.2 Å². The summed E-state index contributed by atoms with van der Waals surface area (Å²) >= 11 is 0. The highest BCUT2D eigenvalue weighted by molar-refractivity contribution is 7.47. The molecule has 2 fully saturated rings. The molecule has 2 aliphatic heterocycles. The van der Waals surface area contributed by atoms with E-state index in [1.165, 1.54) is 7.17 Å². The van der Waals surface area contributed by atoms with Crippen molar-refractivity contribution in [3.63, 3.8) is 0 Å². The molecule has 0 bridgehead atoms. The van der Waals surface area contributed by atoms with Crippen LogP contribution in [0, 0.1) is 5.92 Å². The van der Waals surface area contributed by atoms with Crippen molar-refractivity contribution in [2.45, 2.75) is 83.1 Å². The summed E-state index contributed by atoms with van der Waals surface area (Å²) in [5.74, 6) is 0.0125. The fourth-order valence-electron chi connectivity index (χ4n) is 3.24. The van der Waals surface area contributed by atoms with Gasteiger partial charge in [0, 0.05) is 19.7 Å². The summed E-state index contributed by atoms with van der Waals surface area (Å²) in [6.45, 7) is 7.01. The van der Waals surface area contributed by atoms with E-state index in [9.17, 15) is 18.9 Å². The van der Waals surface area contributed by atoms with Crippen LogP contribution in [-0.4, -0.2) is 94.9 Å². The molecule has 0 spiro atoms. The molecule has 0 aromatic carbocycles. The number of phosphoric acid groups is 2. The van der Waals surface area contributed by atoms with E-state index >= 15 is 0 Å². The highest BCUT2D eigenvalue weighted by atomic mass is 31.2. The minimum absolute atomic E-state index is 0.0125. The summed E-state index contributed by atoms with van der Waals surface area (Å²) in [5.41, 5.74) is 0. The Morgan fingerprint density at radius 2 is 1.55 bits per heavy atom. The average molecular weight is 507 g/mol. The quantitative estimate of drug-likeness (QED) is 0.260. The molecule has 0 aliphatic carbocycles. The SMILES string of the molecule is [B][B][C@H]1C[C@@H](OP(=O)(O)OC[C@H]2O[C@@H]([B])C[C@H]2OP(=O)(O)OCC(C)C)[C@@H](COC(C)C)O1. The summed E-state index contributed by atoms with van der Waals surface area (Å²) in [4.78, 5) is 20.2. The monoisotopic (exact) mass is 507 g/mol. The summed E-state index contributed by atoms with van der Waals surface area (Å²) in [7, 11) is 3.67. The predicted molar refractivity (Wildman–Crippen MR) is 121 cm³/mol. The van der Waals surface area contributed by atoms with E-state index in [1.807, 2.05) is 27.7 Å². The summed E-state index contributed by atoms with van der Waals surface area (Å²) in [6, 6.07) is -1.27. The smallest absolute Gasteiger partial charge is 0.380 e. The van der Waals surface area contributed by atoms with E-state index in [0.29, 0.717) is 0 Å². The first kappa shape index (κ1) is 29.5. The molecule has 11 nitrogen and oxygen atoms in total. The van der Waals surface area contributed by atoms with Gasteiger partial charge in [-0.05, 0) is 32.6 Å². The van der Waals surface area contributed by atoms with Crippen molar-refractivity contribution in [3.8, 4) is 0 Å². The summed E-state index contributed by atoms with van der Waals surface area (Å²) in [6.07, 6.45) is -3.15. The van der Waals surface area contributed by atoms with Gasteiger partial charge in [0.2, 0.25) is 0 Å². The number of ether oxygens (including phenoxy) is 3. The Hall–Kier alpha value is 0.295. The predicted octanol–water partition coefficient (Wildman–Crippen LogP) is 1.26. The summed E-state index contributed by atoms with van der Waals surface area (Å²) in [5, 5.41) is 0. The van der Waals surface area contributed by atoms with Gasteiger partial charge in [-0.3, -0.25) is 18.1 Å². The molecule has 16 heteroatoms. The minimum Gasteiger partial charge on any atom is -0.380 e. The highest BCUT2D eigenvalue weighted by Crippen LogP contribution is 2.50. The van der Waals surface area contributed by atoms with E-state index in [4.69, 9.17) is 47.9 Å². The van der Waals surface area contributed by atoms with Crippen LogP contribution in [-0.2, 0) is 41.4 Å². The molecule has 2 saturated heterocycles. The Morgan fingerprint density at radius 1 is 0.970 bits per heavy atom. The Labute approximate surface area is 198 Å². The lowest BCUT2D eigenvalue weighted by atomic mass is 9.51. The topological polar surface area (TPSA) is 139 Å². The van der Waals surface area contributed by atoms with E-state index in [0.717, 1.165) is 0 Å². The lowest BCUT2D eigenvalue weighted by Gasteiger charge is -2.25. The Kier molecular flexibility index (Phi) is 11.6. The second kappa shape index (κ2) is 13.0. The van der Waals surface area contributed by atoms with Crippen LogP contribution >= 0.6 is 15.6 Å². The van der Waals surface area contributed by atoms with Gasteiger partial charge in [-0.25, -0.2) is 9.13 Å². The molecule has 0 amide bonds. The number of hydrogen-bond donors (Lipinski definition) is 2. The maximum absolute atomic E-state index is 12.6. The standard InChI is InChI=1S/C17H32B3O11P2/c1-10(2)7-26-32(21,22)30-12-5-16(18)28-15(12)9-27-33(23,24)31-13-6-17(20-19)29-14(13)8-25-11(3)4/h10-17H,5-9H2,1-4H3,(H,21,22)(H,23,24)/t12-,13-,14-,15-,16-,17-/m1/s1. The maximum atomic E-state index is 12.6. The maximum Gasteiger partial charge on any atom is 0.472 e. The molecule has 0 saturated carbocycles. The molecule has 2 rings (SSSR count). The minimum atomic E-state index is -4.57. The zero-order valence-electron chi connectivity index (χ0n) is 19.3. The highest BCUT2D eigenvalue weighted by Gasteiger charge is 2.43. The molecule has 0 aromatic heterocycles. The molecule has 8 atom stereocenters. The number of phosphoric ester groups is 2. The van der Waals surface area contributed by atoms with Gasteiger partial charge in [0.1, 0.15) is 20.1 Å². The zero-order chi connectivity index (χ0) is 24.8. The van der Waals surface area contributed by atoms with Gasteiger partial charge in [0.15, 0.2) is 0 Å². The lowest BCUT2D eigenvalue weighted by Crippen LogP contribution is -2.31. The fraction of sp³-hybridized carbons (Fsp3) is 1.00.